The number of hydrogen-bond donors (Lipinski definition) is 1. The largest absolute Gasteiger partial charge is 0.493 e. The minimum Gasteiger partial charge on any atom is -0.493 e. The number of hydrogen-bond acceptors (Lipinski definition) is 4. The molecule has 2 rings (SSSR count). The molecule has 4 nitrogen and oxygen atoms in total. The van der Waals surface area contributed by atoms with Crippen molar-refractivity contribution in [3.63, 3.8) is 0 Å². The van der Waals surface area contributed by atoms with Crippen molar-refractivity contribution in [1.29, 1.82) is 0 Å². The van der Waals surface area contributed by atoms with Crippen LogP contribution in [-0.4, -0.2) is 20.0 Å². The molecule has 5 heteroatoms. The van der Waals surface area contributed by atoms with Crippen molar-refractivity contribution in [3.05, 3.63) is 52.0 Å². The molecule has 0 radical (unpaired) electrons. The molecule has 0 atom stereocenters. The van der Waals surface area contributed by atoms with Crippen molar-refractivity contribution >= 4 is 27.4 Å². The number of nitrogens with two attached hydrogens (primary N) is 1. The fraction of sp³-hybridized carbons (Fsp3) is 0.188. The molecule has 21 heavy (non-hydrogen) atoms. The van der Waals surface area contributed by atoms with Crippen LogP contribution in [0.25, 0.3) is 0 Å². The first kappa shape index (κ1) is 15.4. The molecular formula is C16H16BrNO3. The van der Waals surface area contributed by atoms with E-state index in [1.165, 1.54) is 14.2 Å². The van der Waals surface area contributed by atoms with Crippen LogP contribution in [-0.2, 0) is 6.42 Å². The fourth-order valence-corrected chi connectivity index (χ4v) is 2.47. The zero-order valence-corrected chi connectivity index (χ0v) is 13.4. The van der Waals surface area contributed by atoms with E-state index < -0.39 is 0 Å². The van der Waals surface area contributed by atoms with Gasteiger partial charge >= 0.3 is 0 Å². The molecule has 0 bridgehead atoms. The third-order valence-corrected chi connectivity index (χ3v) is 3.94. The van der Waals surface area contributed by atoms with E-state index in [1.54, 1.807) is 12.1 Å². The molecule has 2 N–H and O–H groups in total. The van der Waals surface area contributed by atoms with Gasteiger partial charge in [-0.2, -0.15) is 0 Å². The highest BCUT2D eigenvalue weighted by Gasteiger charge is 2.16. The molecule has 2 aromatic carbocycles. The summed E-state index contributed by atoms with van der Waals surface area (Å²) in [5.74, 6) is 0.926. The lowest BCUT2D eigenvalue weighted by Crippen LogP contribution is -2.08. The summed E-state index contributed by atoms with van der Waals surface area (Å²) in [6.07, 6.45) is 0.265. The van der Waals surface area contributed by atoms with E-state index in [-0.39, 0.29) is 12.2 Å². The van der Waals surface area contributed by atoms with Gasteiger partial charge in [-0.3, -0.25) is 4.79 Å². The average Bonchev–Trinajstić information content (AvgIpc) is 2.49. The summed E-state index contributed by atoms with van der Waals surface area (Å²) in [5.41, 5.74) is 7.67. The fourth-order valence-electron chi connectivity index (χ4n) is 2.05. The number of methoxy groups -OCH3 is 2. The summed E-state index contributed by atoms with van der Waals surface area (Å²) < 4.78 is 11.3. The van der Waals surface area contributed by atoms with Crippen LogP contribution in [0.1, 0.15) is 15.9 Å². The smallest absolute Gasteiger partial charge is 0.169 e. The summed E-state index contributed by atoms with van der Waals surface area (Å²) >= 11 is 3.44. The van der Waals surface area contributed by atoms with Crippen LogP contribution in [0.15, 0.2) is 40.9 Å². The Morgan fingerprint density at radius 1 is 1.14 bits per heavy atom. The molecule has 0 amide bonds. The first-order chi connectivity index (χ1) is 10.1. The second kappa shape index (κ2) is 6.63. The minimum atomic E-state index is -0.0691. The molecule has 2 aromatic rings. The molecule has 0 fully saturated rings. The predicted molar refractivity (Wildman–Crippen MR) is 86.1 cm³/mol. The molecule has 110 valence electrons. The summed E-state index contributed by atoms with van der Waals surface area (Å²) in [5, 5.41) is 0. The van der Waals surface area contributed by atoms with Crippen LogP contribution in [0, 0.1) is 0 Å². The quantitative estimate of drug-likeness (QED) is 0.663. The van der Waals surface area contributed by atoms with Gasteiger partial charge in [0.15, 0.2) is 17.3 Å². The van der Waals surface area contributed by atoms with E-state index >= 15 is 0 Å². The summed E-state index contributed by atoms with van der Waals surface area (Å²) in [6, 6.07) is 10.8. The number of ketones is 1. The van der Waals surface area contributed by atoms with Crippen molar-refractivity contribution in [2.45, 2.75) is 6.42 Å². The molecule has 0 saturated carbocycles. The van der Waals surface area contributed by atoms with E-state index in [1.807, 2.05) is 24.3 Å². The number of carbonyl (C=O) groups is 1. The predicted octanol–water partition coefficient (Wildman–Crippen LogP) is 3.47. The van der Waals surface area contributed by atoms with Crippen molar-refractivity contribution in [1.82, 2.24) is 0 Å². The van der Waals surface area contributed by atoms with E-state index in [0.717, 1.165) is 10.0 Å². The maximum atomic E-state index is 12.5. The third kappa shape index (κ3) is 3.36. The van der Waals surface area contributed by atoms with E-state index in [0.29, 0.717) is 22.7 Å². The number of carbonyl (C=O) groups excluding carboxylic acids is 1. The van der Waals surface area contributed by atoms with Gasteiger partial charge in [-0.25, -0.2) is 0 Å². The Bertz CT molecular complexity index is 671. The van der Waals surface area contributed by atoms with Crippen molar-refractivity contribution in [2.75, 3.05) is 20.0 Å². The van der Waals surface area contributed by atoms with Gasteiger partial charge in [0.25, 0.3) is 0 Å². The lowest BCUT2D eigenvalue weighted by Gasteiger charge is -2.12. The van der Waals surface area contributed by atoms with Gasteiger partial charge in [-0.15, -0.1) is 0 Å². The van der Waals surface area contributed by atoms with Crippen LogP contribution in [0.5, 0.6) is 11.5 Å². The van der Waals surface area contributed by atoms with Gasteiger partial charge < -0.3 is 15.2 Å². The van der Waals surface area contributed by atoms with Crippen LogP contribution >= 0.6 is 15.9 Å². The molecule has 0 aliphatic carbocycles. The lowest BCUT2D eigenvalue weighted by molar-refractivity contribution is 0.0993. The molecular weight excluding hydrogens is 334 g/mol. The molecule has 0 spiro atoms. The van der Waals surface area contributed by atoms with Gasteiger partial charge in [0.1, 0.15) is 0 Å². The first-order valence-corrected chi connectivity index (χ1v) is 7.14. The molecule has 0 aliphatic heterocycles. The van der Waals surface area contributed by atoms with E-state index in [9.17, 15) is 4.79 Å². The van der Waals surface area contributed by atoms with Crippen molar-refractivity contribution in [2.24, 2.45) is 0 Å². The van der Waals surface area contributed by atoms with Crippen molar-refractivity contribution in [3.8, 4) is 11.5 Å². The number of halogens is 1. The number of benzene rings is 2. The standard InChI is InChI=1S/C16H16BrNO3/c1-20-15-8-11(13(18)9-16(15)21-2)14(19)7-10-5-3-4-6-12(10)17/h3-6,8-9H,7,18H2,1-2H3. The minimum absolute atomic E-state index is 0.0691. The van der Waals surface area contributed by atoms with Crippen LogP contribution < -0.4 is 15.2 Å². The Balaban J connectivity index is 2.33. The summed E-state index contributed by atoms with van der Waals surface area (Å²) in [4.78, 5) is 12.5. The summed E-state index contributed by atoms with van der Waals surface area (Å²) in [7, 11) is 3.05. The summed E-state index contributed by atoms with van der Waals surface area (Å²) in [6.45, 7) is 0. The third-order valence-electron chi connectivity index (χ3n) is 3.16. The average molecular weight is 350 g/mol. The monoisotopic (exact) mass is 349 g/mol. The van der Waals surface area contributed by atoms with Gasteiger partial charge in [0.05, 0.1) is 14.2 Å². The van der Waals surface area contributed by atoms with Gasteiger partial charge in [0.2, 0.25) is 0 Å². The number of rotatable bonds is 5. The van der Waals surface area contributed by atoms with Crippen LogP contribution in [0.3, 0.4) is 0 Å². The molecule has 0 unspecified atom stereocenters. The first-order valence-electron chi connectivity index (χ1n) is 6.35. The maximum Gasteiger partial charge on any atom is 0.169 e. The number of ether oxygens (including phenoxy) is 2. The SMILES string of the molecule is COc1cc(N)c(C(=O)Cc2ccccc2Br)cc1OC. The van der Waals surface area contributed by atoms with Gasteiger partial charge in [-0.1, -0.05) is 34.1 Å². The van der Waals surface area contributed by atoms with Gasteiger partial charge in [-0.05, 0) is 17.7 Å². The molecule has 0 saturated heterocycles. The normalized spacial score (nSPS) is 10.2. The van der Waals surface area contributed by atoms with E-state index in [2.05, 4.69) is 15.9 Å². The zero-order valence-electron chi connectivity index (χ0n) is 11.9. The topological polar surface area (TPSA) is 61.5 Å². The highest BCUT2D eigenvalue weighted by atomic mass is 79.9. The van der Waals surface area contributed by atoms with Crippen LogP contribution in [0.4, 0.5) is 5.69 Å². The Kier molecular flexibility index (Phi) is 4.85. The second-order valence-electron chi connectivity index (χ2n) is 4.49. The number of Topliss-reactive ketones (excluding diaryl/α,β-unsaturated/α-hetero) is 1. The highest BCUT2D eigenvalue weighted by molar-refractivity contribution is 9.10. The van der Waals surface area contributed by atoms with E-state index in [4.69, 9.17) is 15.2 Å². The van der Waals surface area contributed by atoms with Crippen LogP contribution in [0.2, 0.25) is 0 Å². The second-order valence-corrected chi connectivity index (χ2v) is 5.34. The Morgan fingerprint density at radius 2 is 1.76 bits per heavy atom. The maximum absolute atomic E-state index is 12.5. The molecule has 0 aliphatic rings. The molecule has 0 aromatic heterocycles. The zero-order chi connectivity index (χ0) is 15.4. The van der Waals surface area contributed by atoms with Crippen molar-refractivity contribution < 1.29 is 14.3 Å². The highest BCUT2D eigenvalue weighted by Crippen LogP contribution is 2.32. The molecule has 0 heterocycles. The number of nitrogen functional groups attached to an aromatic ring is 1. The lowest BCUT2D eigenvalue weighted by atomic mass is 10.0. The Labute approximate surface area is 132 Å². The Morgan fingerprint density at radius 3 is 2.38 bits per heavy atom. The Hall–Kier alpha value is -2.01. The number of anilines is 1. The van der Waals surface area contributed by atoms with Gasteiger partial charge in [0, 0.05) is 28.2 Å².